The van der Waals surface area contributed by atoms with Gasteiger partial charge in [-0.3, -0.25) is 4.68 Å². The van der Waals surface area contributed by atoms with Crippen LogP contribution in [0.5, 0.6) is 0 Å². The number of hydrogen-bond acceptors (Lipinski definition) is 3. The zero-order valence-electron chi connectivity index (χ0n) is 8.76. The van der Waals surface area contributed by atoms with Gasteiger partial charge in [0.05, 0.1) is 19.1 Å². The van der Waals surface area contributed by atoms with Gasteiger partial charge < -0.3 is 9.73 Å². The van der Waals surface area contributed by atoms with Crippen LogP contribution >= 0.6 is 0 Å². The van der Waals surface area contributed by atoms with E-state index in [1.807, 2.05) is 23.0 Å². The Balaban J connectivity index is 1.76. The van der Waals surface area contributed by atoms with Crippen LogP contribution in [0.2, 0.25) is 0 Å². The van der Waals surface area contributed by atoms with Gasteiger partial charge in [0.25, 0.3) is 0 Å². The predicted octanol–water partition coefficient (Wildman–Crippen LogP) is 1.65. The summed E-state index contributed by atoms with van der Waals surface area (Å²) in [6.45, 7) is 3.85. The normalized spacial score (nSPS) is 12.9. The molecule has 4 nitrogen and oxygen atoms in total. The fourth-order valence-electron chi connectivity index (χ4n) is 1.44. The Morgan fingerprint density at radius 1 is 1.60 bits per heavy atom. The Labute approximate surface area is 88.9 Å². The molecule has 0 spiro atoms. The van der Waals surface area contributed by atoms with Crippen molar-refractivity contribution in [2.45, 2.75) is 26.1 Å². The summed E-state index contributed by atoms with van der Waals surface area (Å²) >= 11 is 0. The van der Waals surface area contributed by atoms with E-state index in [9.17, 15) is 0 Å². The first-order valence-corrected chi connectivity index (χ1v) is 5.06. The summed E-state index contributed by atoms with van der Waals surface area (Å²) in [7, 11) is 0. The van der Waals surface area contributed by atoms with Gasteiger partial charge >= 0.3 is 0 Å². The summed E-state index contributed by atoms with van der Waals surface area (Å²) in [6, 6.07) is 4.29. The maximum absolute atomic E-state index is 5.00. The SMILES string of the molecule is CC(Cn1cccn1)NCc1ccoc1. The second-order valence-electron chi connectivity index (χ2n) is 3.64. The van der Waals surface area contributed by atoms with Crippen LogP contribution in [-0.2, 0) is 13.1 Å². The second-order valence-corrected chi connectivity index (χ2v) is 3.64. The summed E-state index contributed by atoms with van der Waals surface area (Å²) in [5.41, 5.74) is 1.17. The minimum atomic E-state index is 0.389. The highest BCUT2D eigenvalue weighted by Gasteiger charge is 2.02. The van der Waals surface area contributed by atoms with E-state index >= 15 is 0 Å². The van der Waals surface area contributed by atoms with E-state index in [0.29, 0.717) is 6.04 Å². The number of rotatable bonds is 5. The lowest BCUT2D eigenvalue weighted by Crippen LogP contribution is -2.29. The molecule has 2 heterocycles. The number of furan rings is 1. The van der Waals surface area contributed by atoms with Crippen LogP contribution < -0.4 is 5.32 Å². The zero-order chi connectivity index (χ0) is 10.5. The third-order valence-electron chi connectivity index (χ3n) is 2.25. The summed E-state index contributed by atoms with van der Waals surface area (Å²) in [5.74, 6) is 0. The van der Waals surface area contributed by atoms with Crippen molar-refractivity contribution in [3.63, 3.8) is 0 Å². The molecule has 0 aliphatic carbocycles. The molecule has 15 heavy (non-hydrogen) atoms. The molecule has 0 aliphatic heterocycles. The molecule has 2 rings (SSSR count). The third-order valence-corrected chi connectivity index (χ3v) is 2.25. The molecule has 1 N–H and O–H groups in total. The Bertz CT molecular complexity index is 366. The molecule has 2 aromatic rings. The van der Waals surface area contributed by atoms with Gasteiger partial charge in [-0.2, -0.15) is 5.10 Å². The summed E-state index contributed by atoms with van der Waals surface area (Å²) in [4.78, 5) is 0. The van der Waals surface area contributed by atoms with Crippen LogP contribution in [0.4, 0.5) is 0 Å². The molecule has 0 aliphatic rings. The van der Waals surface area contributed by atoms with Crippen LogP contribution in [0, 0.1) is 0 Å². The quantitative estimate of drug-likeness (QED) is 0.807. The highest BCUT2D eigenvalue weighted by molar-refractivity contribution is 5.04. The van der Waals surface area contributed by atoms with Crippen molar-refractivity contribution in [2.24, 2.45) is 0 Å². The molecule has 0 aromatic carbocycles. The van der Waals surface area contributed by atoms with Gasteiger partial charge in [0.2, 0.25) is 0 Å². The third kappa shape index (κ3) is 2.95. The highest BCUT2D eigenvalue weighted by atomic mass is 16.3. The fourth-order valence-corrected chi connectivity index (χ4v) is 1.44. The molecule has 0 radical (unpaired) electrons. The lowest BCUT2D eigenvalue weighted by Gasteiger charge is -2.12. The topological polar surface area (TPSA) is 43.0 Å². The molecular weight excluding hydrogens is 190 g/mol. The second kappa shape index (κ2) is 4.79. The molecule has 4 heteroatoms. The van der Waals surface area contributed by atoms with E-state index in [0.717, 1.165) is 13.1 Å². The van der Waals surface area contributed by atoms with Gasteiger partial charge in [0, 0.05) is 30.5 Å². The fraction of sp³-hybridized carbons (Fsp3) is 0.364. The van der Waals surface area contributed by atoms with E-state index < -0.39 is 0 Å². The monoisotopic (exact) mass is 205 g/mol. The van der Waals surface area contributed by atoms with Crippen molar-refractivity contribution < 1.29 is 4.42 Å². The standard InChI is InChI=1S/C11H15N3O/c1-10(8-14-5-2-4-13-14)12-7-11-3-6-15-9-11/h2-6,9-10,12H,7-8H2,1H3. The first kappa shape index (κ1) is 9.98. The largest absolute Gasteiger partial charge is 0.472 e. The molecular formula is C11H15N3O. The first-order chi connectivity index (χ1) is 7.34. The van der Waals surface area contributed by atoms with Crippen LogP contribution in [0.3, 0.4) is 0 Å². The lowest BCUT2D eigenvalue weighted by atomic mass is 10.3. The van der Waals surface area contributed by atoms with Gasteiger partial charge in [-0.15, -0.1) is 0 Å². The Morgan fingerprint density at radius 3 is 3.20 bits per heavy atom. The van der Waals surface area contributed by atoms with E-state index in [1.54, 1.807) is 18.7 Å². The molecule has 0 bridgehead atoms. The molecule has 0 saturated carbocycles. The van der Waals surface area contributed by atoms with Crippen molar-refractivity contribution in [2.75, 3.05) is 0 Å². The highest BCUT2D eigenvalue weighted by Crippen LogP contribution is 2.00. The van der Waals surface area contributed by atoms with E-state index in [2.05, 4.69) is 17.3 Å². The molecule has 1 unspecified atom stereocenters. The molecule has 0 amide bonds. The van der Waals surface area contributed by atoms with Gasteiger partial charge in [-0.25, -0.2) is 0 Å². The zero-order valence-corrected chi connectivity index (χ0v) is 8.76. The molecule has 1 atom stereocenters. The van der Waals surface area contributed by atoms with E-state index in [-0.39, 0.29) is 0 Å². The lowest BCUT2D eigenvalue weighted by molar-refractivity contribution is 0.449. The minimum absolute atomic E-state index is 0.389. The van der Waals surface area contributed by atoms with Gasteiger partial charge in [-0.05, 0) is 19.1 Å². The van der Waals surface area contributed by atoms with Gasteiger partial charge in [-0.1, -0.05) is 0 Å². The smallest absolute Gasteiger partial charge is 0.0947 e. The maximum Gasteiger partial charge on any atom is 0.0947 e. The van der Waals surface area contributed by atoms with Crippen LogP contribution in [0.25, 0.3) is 0 Å². The maximum atomic E-state index is 5.00. The van der Waals surface area contributed by atoms with Gasteiger partial charge in [0.15, 0.2) is 0 Å². The number of aromatic nitrogens is 2. The van der Waals surface area contributed by atoms with Crippen LogP contribution in [0.1, 0.15) is 12.5 Å². The average molecular weight is 205 g/mol. The molecule has 0 saturated heterocycles. The van der Waals surface area contributed by atoms with Crippen molar-refractivity contribution in [1.29, 1.82) is 0 Å². The first-order valence-electron chi connectivity index (χ1n) is 5.06. The predicted molar refractivity (Wildman–Crippen MR) is 57.2 cm³/mol. The summed E-state index contributed by atoms with van der Waals surface area (Å²) in [6.07, 6.45) is 7.21. The van der Waals surface area contributed by atoms with Crippen molar-refractivity contribution in [3.8, 4) is 0 Å². The van der Waals surface area contributed by atoms with Gasteiger partial charge in [0.1, 0.15) is 0 Å². The van der Waals surface area contributed by atoms with Crippen LogP contribution in [-0.4, -0.2) is 15.8 Å². The summed E-state index contributed by atoms with van der Waals surface area (Å²) < 4.78 is 6.92. The van der Waals surface area contributed by atoms with Crippen molar-refractivity contribution >= 4 is 0 Å². The minimum Gasteiger partial charge on any atom is -0.472 e. The number of nitrogens with zero attached hydrogens (tertiary/aromatic N) is 2. The van der Waals surface area contributed by atoms with Crippen LogP contribution in [0.15, 0.2) is 41.5 Å². The molecule has 2 aromatic heterocycles. The number of nitrogens with one attached hydrogen (secondary N) is 1. The van der Waals surface area contributed by atoms with E-state index in [1.165, 1.54) is 5.56 Å². The average Bonchev–Trinajstić information content (AvgIpc) is 2.86. The Hall–Kier alpha value is -1.55. The summed E-state index contributed by atoms with van der Waals surface area (Å²) in [5, 5.41) is 7.56. The Kier molecular flexibility index (Phi) is 3.19. The van der Waals surface area contributed by atoms with Crippen molar-refractivity contribution in [3.05, 3.63) is 42.6 Å². The number of hydrogen-bond donors (Lipinski definition) is 1. The molecule has 80 valence electrons. The van der Waals surface area contributed by atoms with E-state index in [4.69, 9.17) is 4.42 Å². The molecule has 0 fully saturated rings. The Morgan fingerprint density at radius 2 is 2.53 bits per heavy atom. The van der Waals surface area contributed by atoms with Crippen molar-refractivity contribution in [1.82, 2.24) is 15.1 Å².